The van der Waals surface area contributed by atoms with Crippen molar-refractivity contribution in [3.05, 3.63) is 53.7 Å². The minimum atomic E-state index is -0.884. The number of ether oxygens (including phenoxy) is 2. The zero-order chi connectivity index (χ0) is 28.7. The average Bonchev–Trinajstić information content (AvgIpc) is 3.33. The van der Waals surface area contributed by atoms with Crippen LogP contribution in [0.1, 0.15) is 69.8 Å². The van der Waals surface area contributed by atoms with E-state index in [0.29, 0.717) is 6.54 Å². The number of alkyl carbamates (subject to hydrolysis) is 1. The quantitative estimate of drug-likeness (QED) is 0.370. The fraction of sp³-hybridized carbons (Fsp3) is 0.533. The third-order valence-electron chi connectivity index (χ3n) is 7.36. The Kier molecular flexibility index (Phi) is 7.65. The van der Waals surface area contributed by atoms with Crippen molar-refractivity contribution in [1.29, 1.82) is 0 Å². The van der Waals surface area contributed by atoms with Gasteiger partial charge in [-0.25, -0.2) is 14.2 Å². The van der Waals surface area contributed by atoms with Crippen LogP contribution in [-0.2, 0) is 41.0 Å². The monoisotopic (exact) mass is 537 g/mol. The number of esters is 1. The topological polar surface area (TPSA) is 95.4 Å². The number of carbonyl (C=O) groups is 3. The summed E-state index contributed by atoms with van der Waals surface area (Å²) in [5, 5.41) is 3.68. The van der Waals surface area contributed by atoms with E-state index in [0.717, 1.165) is 40.8 Å². The van der Waals surface area contributed by atoms with Crippen molar-refractivity contribution < 1.29 is 28.4 Å². The zero-order valence-electron chi connectivity index (χ0n) is 24.3. The molecule has 0 aliphatic heterocycles. The standard InChI is InChI=1S/C30H40N4O5/c1-19-33(17-20-13-14-23-24(25(20)35)21-11-9-10-12-22(21)32(23)8)15-16-34(19)18-38-27(36)26(29(2,3)4)31-28(37)39-30(5,6)7/h9-12,15-16,20,26H,13-14,17-18H2,1-8H3/p+1/t20?,26-/m1/s1. The number of nitrogens with one attached hydrogen (secondary N) is 1. The molecule has 0 saturated heterocycles. The Morgan fingerprint density at radius 1 is 1.15 bits per heavy atom. The number of aryl methyl sites for hydroxylation is 1. The number of para-hydroxylation sites is 1. The minimum absolute atomic E-state index is 0.00761. The fourth-order valence-electron chi connectivity index (χ4n) is 5.21. The van der Waals surface area contributed by atoms with Gasteiger partial charge in [-0.3, -0.25) is 4.79 Å². The second-order valence-electron chi connectivity index (χ2n) is 12.5. The average molecular weight is 538 g/mol. The molecule has 3 aromatic rings. The van der Waals surface area contributed by atoms with Gasteiger partial charge in [-0.2, -0.15) is 4.57 Å². The van der Waals surface area contributed by atoms with Gasteiger partial charge in [0.1, 0.15) is 30.6 Å². The Morgan fingerprint density at radius 3 is 2.51 bits per heavy atom. The first-order valence-corrected chi connectivity index (χ1v) is 13.5. The number of ketones is 1. The number of Topliss-reactive ketones (excluding diaryl/α,β-unsaturated/α-hetero) is 1. The molecule has 9 nitrogen and oxygen atoms in total. The summed E-state index contributed by atoms with van der Waals surface area (Å²) < 4.78 is 17.0. The van der Waals surface area contributed by atoms with Crippen molar-refractivity contribution >= 4 is 28.7 Å². The lowest BCUT2D eigenvalue weighted by Crippen LogP contribution is -2.52. The van der Waals surface area contributed by atoms with Gasteiger partial charge < -0.3 is 19.4 Å². The van der Waals surface area contributed by atoms with Crippen LogP contribution in [0.4, 0.5) is 4.79 Å². The van der Waals surface area contributed by atoms with Crippen LogP contribution in [0.2, 0.25) is 0 Å². The van der Waals surface area contributed by atoms with Crippen molar-refractivity contribution in [3.63, 3.8) is 0 Å². The molecule has 0 bridgehead atoms. The van der Waals surface area contributed by atoms with Gasteiger partial charge in [0.2, 0.25) is 6.73 Å². The molecule has 0 radical (unpaired) electrons. The zero-order valence-corrected chi connectivity index (χ0v) is 24.3. The van der Waals surface area contributed by atoms with Crippen molar-refractivity contribution in [2.45, 2.75) is 86.2 Å². The number of imidazole rings is 1. The molecule has 0 spiro atoms. The number of fused-ring (bicyclic) bond motifs is 3. The molecule has 1 aliphatic rings. The van der Waals surface area contributed by atoms with Crippen LogP contribution in [0.5, 0.6) is 0 Å². The second kappa shape index (κ2) is 10.5. The first-order chi connectivity index (χ1) is 18.2. The highest BCUT2D eigenvalue weighted by Crippen LogP contribution is 2.34. The highest BCUT2D eigenvalue weighted by atomic mass is 16.6. The van der Waals surface area contributed by atoms with Crippen molar-refractivity contribution in [1.82, 2.24) is 14.5 Å². The summed E-state index contributed by atoms with van der Waals surface area (Å²) >= 11 is 0. The Balaban J connectivity index is 1.43. The van der Waals surface area contributed by atoms with Crippen LogP contribution >= 0.6 is 0 Å². The highest BCUT2D eigenvalue weighted by Gasteiger charge is 2.37. The van der Waals surface area contributed by atoms with Gasteiger partial charge in [0.25, 0.3) is 5.82 Å². The normalized spacial score (nSPS) is 16.6. The van der Waals surface area contributed by atoms with E-state index < -0.39 is 29.1 Å². The number of hydrogen-bond donors (Lipinski definition) is 1. The van der Waals surface area contributed by atoms with E-state index in [1.54, 1.807) is 20.8 Å². The van der Waals surface area contributed by atoms with Crippen LogP contribution in [0.25, 0.3) is 10.9 Å². The van der Waals surface area contributed by atoms with Gasteiger partial charge in [0.15, 0.2) is 5.78 Å². The molecule has 1 amide bonds. The van der Waals surface area contributed by atoms with E-state index in [1.165, 1.54) is 0 Å². The lowest BCUT2D eigenvalue weighted by atomic mass is 9.85. The van der Waals surface area contributed by atoms with Gasteiger partial charge >= 0.3 is 12.1 Å². The molecule has 0 fully saturated rings. The summed E-state index contributed by atoms with van der Waals surface area (Å²) in [7, 11) is 2.03. The van der Waals surface area contributed by atoms with Crippen LogP contribution in [0.3, 0.4) is 0 Å². The first-order valence-electron chi connectivity index (χ1n) is 13.5. The largest absolute Gasteiger partial charge is 0.444 e. The Morgan fingerprint density at radius 2 is 1.85 bits per heavy atom. The number of amides is 1. The fourth-order valence-corrected chi connectivity index (χ4v) is 5.21. The lowest BCUT2D eigenvalue weighted by Gasteiger charge is -2.30. The SMILES string of the molecule is Cc1n(CC2CCc3c(c4ccccc4n3C)C2=O)cc[n+]1COC(=O)[C@@H](NC(=O)OC(C)(C)C)C(C)(C)C. The summed E-state index contributed by atoms with van der Waals surface area (Å²) in [6, 6.07) is 7.18. The van der Waals surface area contributed by atoms with Crippen molar-refractivity contribution in [2.75, 3.05) is 0 Å². The summed E-state index contributed by atoms with van der Waals surface area (Å²) in [6.07, 6.45) is 4.72. The molecule has 1 N–H and O–H groups in total. The molecule has 4 rings (SSSR count). The number of aromatic nitrogens is 3. The van der Waals surface area contributed by atoms with Crippen LogP contribution in [0.15, 0.2) is 36.7 Å². The first kappa shape index (κ1) is 28.4. The number of benzene rings is 1. The molecule has 0 saturated carbocycles. The number of hydrogen-bond acceptors (Lipinski definition) is 5. The maximum absolute atomic E-state index is 13.6. The molecule has 2 aromatic heterocycles. The highest BCUT2D eigenvalue weighted by molar-refractivity contribution is 6.11. The van der Waals surface area contributed by atoms with E-state index in [9.17, 15) is 14.4 Å². The third-order valence-corrected chi connectivity index (χ3v) is 7.36. The van der Waals surface area contributed by atoms with E-state index >= 15 is 0 Å². The summed E-state index contributed by atoms with van der Waals surface area (Å²) in [5.41, 5.74) is 1.78. The van der Waals surface area contributed by atoms with Gasteiger partial charge in [-0.05, 0) is 45.1 Å². The van der Waals surface area contributed by atoms with Crippen LogP contribution in [0, 0.1) is 18.3 Å². The van der Waals surface area contributed by atoms with Crippen molar-refractivity contribution in [2.24, 2.45) is 18.4 Å². The molecular formula is C30H41N4O5+. The third kappa shape index (κ3) is 6.02. The van der Waals surface area contributed by atoms with E-state index in [-0.39, 0.29) is 18.4 Å². The Labute approximate surface area is 230 Å². The molecule has 39 heavy (non-hydrogen) atoms. The lowest BCUT2D eigenvalue weighted by molar-refractivity contribution is -0.732. The molecule has 210 valence electrons. The molecule has 1 aromatic carbocycles. The van der Waals surface area contributed by atoms with Gasteiger partial charge in [0.05, 0.1) is 5.92 Å². The van der Waals surface area contributed by atoms with E-state index in [2.05, 4.69) is 16.0 Å². The smallest absolute Gasteiger partial charge is 0.408 e. The maximum atomic E-state index is 13.6. The summed E-state index contributed by atoms with van der Waals surface area (Å²) in [6.45, 7) is 13.3. The maximum Gasteiger partial charge on any atom is 0.408 e. The second-order valence-corrected chi connectivity index (χ2v) is 12.5. The van der Waals surface area contributed by atoms with Crippen molar-refractivity contribution in [3.8, 4) is 0 Å². The Hall–Kier alpha value is -3.62. The van der Waals surface area contributed by atoms with E-state index in [1.807, 2.05) is 74.5 Å². The minimum Gasteiger partial charge on any atom is -0.444 e. The molecule has 9 heteroatoms. The van der Waals surface area contributed by atoms with E-state index in [4.69, 9.17) is 9.47 Å². The van der Waals surface area contributed by atoms with Gasteiger partial charge in [0, 0.05) is 36.1 Å². The van der Waals surface area contributed by atoms with Crippen LogP contribution in [-0.4, -0.2) is 38.6 Å². The number of carbonyl (C=O) groups excluding carboxylic acids is 3. The molecule has 2 heterocycles. The Bertz CT molecular complexity index is 1400. The molecule has 2 atom stereocenters. The number of nitrogens with zero attached hydrogens (tertiary/aromatic N) is 3. The number of rotatable bonds is 6. The summed E-state index contributed by atoms with van der Waals surface area (Å²) in [4.78, 5) is 38.9. The predicted octanol–water partition coefficient (Wildman–Crippen LogP) is 4.46. The molecule has 1 aliphatic carbocycles. The molecular weight excluding hydrogens is 496 g/mol. The molecule has 1 unspecified atom stereocenters. The van der Waals surface area contributed by atoms with Crippen LogP contribution < -0.4 is 9.88 Å². The van der Waals surface area contributed by atoms with Gasteiger partial charge in [-0.15, -0.1) is 0 Å². The van der Waals surface area contributed by atoms with Gasteiger partial charge in [-0.1, -0.05) is 39.0 Å². The predicted molar refractivity (Wildman–Crippen MR) is 147 cm³/mol. The summed E-state index contributed by atoms with van der Waals surface area (Å²) in [5.74, 6) is 0.375.